The molecule has 0 aliphatic carbocycles. The number of rotatable bonds is 5. The molecule has 0 unspecified atom stereocenters. The zero-order chi connectivity index (χ0) is 13.1. The highest BCUT2D eigenvalue weighted by molar-refractivity contribution is 6.32. The summed E-state index contributed by atoms with van der Waals surface area (Å²) >= 11 is 6.17. The molecule has 1 rings (SSSR count). The molecule has 1 aromatic rings. The maximum atomic E-state index is 6.17. The fourth-order valence-corrected chi connectivity index (χ4v) is 1.93. The summed E-state index contributed by atoms with van der Waals surface area (Å²) in [5.74, 6) is 0.766. The molecular formula is C14H22ClNO. The van der Waals surface area contributed by atoms with Crippen LogP contribution in [0, 0.1) is 6.92 Å². The third-order valence-corrected chi connectivity index (χ3v) is 3.02. The van der Waals surface area contributed by atoms with Gasteiger partial charge in [-0.1, -0.05) is 11.6 Å². The molecule has 2 nitrogen and oxygen atoms in total. The van der Waals surface area contributed by atoms with Crippen molar-refractivity contribution < 1.29 is 4.74 Å². The lowest BCUT2D eigenvalue weighted by atomic mass is 9.94. The zero-order valence-corrected chi connectivity index (χ0v) is 11.9. The SMILES string of the molecule is CCOc1cc(C)c(CCC(C)(C)N)cc1Cl. The van der Waals surface area contributed by atoms with E-state index >= 15 is 0 Å². The van der Waals surface area contributed by atoms with Gasteiger partial charge >= 0.3 is 0 Å². The molecule has 2 N–H and O–H groups in total. The Morgan fingerprint density at radius 2 is 2.00 bits per heavy atom. The van der Waals surface area contributed by atoms with Crippen LogP contribution in [-0.4, -0.2) is 12.1 Å². The minimum absolute atomic E-state index is 0.141. The van der Waals surface area contributed by atoms with Gasteiger partial charge in [-0.15, -0.1) is 0 Å². The Morgan fingerprint density at radius 1 is 1.35 bits per heavy atom. The molecule has 96 valence electrons. The molecule has 0 aromatic heterocycles. The largest absolute Gasteiger partial charge is 0.492 e. The lowest BCUT2D eigenvalue weighted by molar-refractivity contribution is 0.340. The van der Waals surface area contributed by atoms with Gasteiger partial charge in [0.25, 0.3) is 0 Å². The lowest BCUT2D eigenvalue weighted by Gasteiger charge is -2.19. The smallest absolute Gasteiger partial charge is 0.138 e. The highest BCUT2D eigenvalue weighted by Crippen LogP contribution is 2.29. The van der Waals surface area contributed by atoms with E-state index in [4.69, 9.17) is 22.1 Å². The summed E-state index contributed by atoms with van der Waals surface area (Å²) in [4.78, 5) is 0. The van der Waals surface area contributed by atoms with Crippen molar-refractivity contribution in [1.29, 1.82) is 0 Å². The fourth-order valence-electron chi connectivity index (χ4n) is 1.69. The summed E-state index contributed by atoms with van der Waals surface area (Å²) in [6.45, 7) is 8.75. The summed E-state index contributed by atoms with van der Waals surface area (Å²) in [6.07, 6.45) is 1.89. The van der Waals surface area contributed by atoms with Crippen LogP contribution in [0.25, 0.3) is 0 Å². The fraction of sp³-hybridized carbons (Fsp3) is 0.571. The van der Waals surface area contributed by atoms with Crippen LogP contribution in [0.3, 0.4) is 0 Å². The second-order valence-electron chi connectivity index (χ2n) is 5.13. The second-order valence-corrected chi connectivity index (χ2v) is 5.54. The molecule has 0 saturated carbocycles. The standard InChI is InChI=1S/C14H22ClNO/c1-5-17-13-8-10(2)11(9-12(13)15)6-7-14(3,4)16/h8-9H,5-7,16H2,1-4H3. The Labute approximate surface area is 109 Å². The second kappa shape index (κ2) is 5.74. The highest BCUT2D eigenvalue weighted by atomic mass is 35.5. The maximum absolute atomic E-state index is 6.17. The third kappa shape index (κ3) is 4.57. The van der Waals surface area contributed by atoms with E-state index in [-0.39, 0.29) is 5.54 Å². The Hall–Kier alpha value is -0.730. The van der Waals surface area contributed by atoms with Crippen LogP contribution in [0.15, 0.2) is 12.1 Å². The van der Waals surface area contributed by atoms with Crippen LogP contribution in [0.1, 0.15) is 38.3 Å². The van der Waals surface area contributed by atoms with Crippen LogP contribution in [0.5, 0.6) is 5.75 Å². The van der Waals surface area contributed by atoms with E-state index < -0.39 is 0 Å². The number of ether oxygens (including phenoxy) is 1. The third-order valence-electron chi connectivity index (χ3n) is 2.73. The van der Waals surface area contributed by atoms with Crippen molar-refractivity contribution in [1.82, 2.24) is 0 Å². The first-order valence-electron chi connectivity index (χ1n) is 6.04. The summed E-state index contributed by atoms with van der Waals surface area (Å²) in [7, 11) is 0. The molecular weight excluding hydrogens is 234 g/mol. The molecule has 0 radical (unpaired) electrons. The monoisotopic (exact) mass is 255 g/mol. The molecule has 17 heavy (non-hydrogen) atoms. The van der Waals surface area contributed by atoms with Crippen LogP contribution >= 0.6 is 11.6 Å². The summed E-state index contributed by atoms with van der Waals surface area (Å²) in [5.41, 5.74) is 8.31. The first-order chi connectivity index (χ1) is 7.83. The van der Waals surface area contributed by atoms with Gasteiger partial charge in [-0.05, 0) is 63.8 Å². The first-order valence-corrected chi connectivity index (χ1v) is 6.42. The Kier molecular flexibility index (Phi) is 4.84. The van der Waals surface area contributed by atoms with Crippen molar-refractivity contribution in [2.45, 2.75) is 46.1 Å². The molecule has 3 heteroatoms. The summed E-state index contributed by atoms with van der Waals surface area (Å²) in [5, 5.41) is 0.683. The summed E-state index contributed by atoms with van der Waals surface area (Å²) < 4.78 is 5.46. The van der Waals surface area contributed by atoms with Gasteiger partial charge in [-0.2, -0.15) is 0 Å². The van der Waals surface area contributed by atoms with Crippen molar-refractivity contribution in [3.05, 3.63) is 28.3 Å². The van der Waals surface area contributed by atoms with Crippen molar-refractivity contribution in [3.63, 3.8) is 0 Å². The van der Waals surface area contributed by atoms with E-state index in [0.29, 0.717) is 11.6 Å². The molecule has 0 aliphatic rings. The molecule has 0 spiro atoms. The topological polar surface area (TPSA) is 35.2 Å². The number of aryl methyl sites for hydroxylation is 2. The van der Waals surface area contributed by atoms with Gasteiger partial charge in [0.2, 0.25) is 0 Å². The number of hydrogen-bond donors (Lipinski definition) is 1. The molecule has 0 amide bonds. The predicted molar refractivity (Wildman–Crippen MR) is 73.9 cm³/mol. The molecule has 0 aliphatic heterocycles. The number of nitrogens with two attached hydrogens (primary N) is 1. The van der Waals surface area contributed by atoms with Crippen molar-refractivity contribution in [3.8, 4) is 5.75 Å². The molecule has 0 heterocycles. The van der Waals surface area contributed by atoms with Gasteiger partial charge in [0.15, 0.2) is 0 Å². The molecule has 1 aromatic carbocycles. The Morgan fingerprint density at radius 3 is 2.53 bits per heavy atom. The van der Waals surface area contributed by atoms with E-state index in [0.717, 1.165) is 18.6 Å². The minimum atomic E-state index is -0.141. The average molecular weight is 256 g/mol. The van der Waals surface area contributed by atoms with Crippen LogP contribution < -0.4 is 10.5 Å². The van der Waals surface area contributed by atoms with Crippen molar-refractivity contribution in [2.75, 3.05) is 6.61 Å². The molecule has 0 fully saturated rings. The molecule has 0 saturated heterocycles. The van der Waals surface area contributed by atoms with E-state index in [9.17, 15) is 0 Å². The average Bonchev–Trinajstić information content (AvgIpc) is 2.20. The first kappa shape index (κ1) is 14.3. The molecule has 0 atom stereocenters. The lowest BCUT2D eigenvalue weighted by Crippen LogP contribution is -2.32. The van der Waals surface area contributed by atoms with E-state index in [1.807, 2.05) is 32.9 Å². The van der Waals surface area contributed by atoms with E-state index in [2.05, 4.69) is 6.92 Å². The van der Waals surface area contributed by atoms with Crippen LogP contribution in [0.4, 0.5) is 0 Å². The quantitative estimate of drug-likeness (QED) is 0.870. The van der Waals surface area contributed by atoms with Gasteiger partial charge in [0, 0.05) is 5.54 Å². The van der Waals surface area contributed by atoms with Crippen molar-refractivity contribution in [2.24, 2.45) is 5.73 Å². The normalized spacial score (nSPS) is 11.6. The maximum Gasteiger partial charge on any atom is 0.138 e. The van der Waals surface area contributed by atoms with Crippen molar-refractivity contribution >= 4 is 11.6 Å². The van der Waals surface area contributed by atoms with Crippen LogP contribution in [-0.2, 0) is 6.42 Å². The van der Waals surface area contributed by atoms with E-state index in [1.54, 1.807) is 0 Å². The van der Waals surface area contributed by atoms with Gasteiger partial charge in [-0.25, -0.2) is 0 Å². The van der Waals surface area contributed by atoms with E-state index in [1.165, 1.54) is 11.1 Å². The predicted octanol–water partition coefficient (Wildman–Crippen LogP) is 3.72. The van der Waals surface area contributed by atoms with Gasteiger partial charge in [0.1, 0.15) is 5.75 Å². The van der Waals surface area contributed by atoms with Gasteiger partial charge < -0.3 is 10.5 Å². The highest BCUT2D eigenvalue weighted by Gasteiger charge is 2.13. The number of benzene rings is 1. The zero-order valence-electron chi connectivity index (χ0n) is 11.1. The Balaban J connectivity index is 2.84. The van der Waals surface area contributed by atoms with Crippen LogP contribution in [0.2, 0.25) is 5.02 Å². The van der Waals surface area contributed by atoms with Gasteiger partial charge in [0.05, 0.1) is 11.6 Å². The summed E-state index contributed by atoms with van der Waals surface area (Å²) in [6, 6.07) is 4.00. The minimum Gasteiger partial charge on any atom is -0.492 e. The Bertz CT molecular complexity index is 383. The molecule has 0 bridgehead atoms. The number of hydrogen-bond acceptors (Lipinski definition) is 2. The van der Waals surface area contributed by atoms with Gasteiger partial charge in [-0.3, -0.25) is 0 Å². The number of halogens is 1.